The molecule has 0 spiro atoms. The Balaban J connectivity index is 2.10. The van der Waals surface area contributed by atoms with Crippen LogP contribution in [0.25, 0.3) is 0 Å². The van der Waals surface area contributed by atoms with Gasteiger partial charge in [0.05, 0.1) is 6.61 Å². The molecule has 2 unspecified atom stereocenters. The van der Waals surface area contributed by atoms with Gasteiger partial charge in [0.2, 0.25) is 0 Å². The SMILES string of the molecule is CCCNC(c1ccc(C)cc1)C1CCOC1. The topological polar surface area (TPSA) is 21.3 Å². The van der Waals surface area contributed by atoms with Crippen LogP contribution in [-0.4, -0.2) is 19.8 Å². The largest absolute Gasteiger partial charge is 0.381 e. The van der Waals surface area contributed by atoms with Crippen molar-refractivity contribution < 1.29 is 4.74 Å². The fraction of sp³-hybridized carbons (Fsp3) is 0.600. The maximum absolute atomic E-state index is 5.52. The molecule has 1 aromatic carbocycles. The predicted octanol–water partition coefficient (Wildman–Crippen LogP) is 3.07. The summed E-state index contributed by atoms with van der Waals surface area (Å²) in [7, 11) is 0. The number of hydrogen-bond acceptors (Lipinski definition) is 2. The average molecular weight is 233 g/mol. The number of ether oxygens (including phenoxy) is 1. The summed E-state index contributed by atoms with van der Waals surface area (Å²) in [5, 5.41) is 3.67. The first-order valence-corrected chi connectivity index (χ1v) is 6.69. The lowest BCUT2D eigenvalue weighted by molar-refractivity contribution is 0.176. The van der Waals surface area contributed by atoms with Crippen LogP contribution in [0, 0.1) is 12.8 Å². The molecule has 1 N–H and O–H groups in total. The second-order valence-electron chi connectivity index (χ2n) is 4.97. The third-order valence-corrected chi connectivity index (χ3v) is 3.49. The van der Waals surface area contributed by atoms with E-state index in [1.165, 1.54) is 24.0 Å². The number of benzene rings is 1. The molecule has 17 heavy (non-hydrogen) atoms. The molecule has 0 bridgehead atoms. The van der Waals surface area contributed by atoms with E-state index in [-0.39, 0.29) is 0 Å². The van der Waals surface area contributed by atoms with E-state index in [1.807, 2.05) is 0 Å². The van der Waals surface area contributed by atoms with Gasteiger partial charge < -0.3 is 10.1 Å². The van der Waals surface area contributed by atoms with E-state index < -0.39 is 0 Å². The number of aryl methyl sites for hydroxylation is 1. The summed E-state index contributed by atoms with van der Waals surface area (Å²) in [6.45, 7) is 7.24. The van der Waals surface area contributed by atoms with Gasteiger partial charge in [-0.2, -0.15) is 0 Å². The van der Waals surface area contributed by atoms with Gasteiger partial charge in [0.25, 0.3) is 0 Å². The summed E-state index contributed by atoms with van der Waals surface area (Å²) < 4.78 is 5.52. The molecule has 1 fully saturated rings. The highest BCUT2D eigenvalue weighted by Gasteiger charge is 2.26. The Kier molecular flexibility index (Phi) is 4.57. The van der Waals surface area contributed by atoms with Crippen molar-refractivity contribution in [3.8, 4) is 0 Å². The first kappa shape index (κ1) is 12.6. The molecule has 1 heterocycles. The fourth-order valence-corrected chi connectivity index (χ4v) is 2.45. The Labute approximate surface area is 104 Å². The van der Waals surface area contributed by atoms with Crippen LogP contribution in [0.3, 0.4) is 0 Å². The van der Waals surface area contributed by atoms with Gasteiger partial charge in [-0.15, -0.1) is 0 Å². The van der Waals surface area contributed by atoms with Crippen LogP contribution in [0.2, 0.25) is 0 Å². The van der Waals surface area contributed by atoms with E-state index in [9.17, 15) is 0 Å². The van der Waals surface area contributed by atoms with Gasteiger partial charge in [0.15, 0.2) is 0 Å². The van der Waals surface area contributed by atoms with Crippen molar-refractivity contribution >= 4 is 0 Å². The standard InChI is InChI=1S/C15H23NO/c1-3-9-16-15(14-8-10-17-11-14)13-6-4-12(2)5-7-13/h4-7,14-16H,3,8-11H2,1-2H3. The molecule has 1 aromatic rings. The molecule has 2 rings (SSSR count). The van der Waals surface area contributed by atoms with Crippen molar-refractivity contribution in [1.29, 1.82) is 0 Å². The van der Waals surface area contributed by atoms with Crippen molar-refractivity contribution in [1.82, 2.24) is 5.32 Å². The molecule has 0 radical (unpaired) electrons. The molecule has 1 saturated heterocycles. The first-order chi connectivity index (χ1) is 8.31. The van der Waals surface area contributed by atoms with E-state index in [2.05, 4.69) is 43.4 Å². The number of nitrogens with one attached hydrogen (secondary N) is 1. The van der Waals surface area contributed by atoms with Gasteiger partial charge in [-0.3, -0.25) is 0 Å². The summed E-state index contributed by atoms with van der Waals surface area (Å²) in [6.07, 6.45) is 2.35. The van der Waals surface area contributed by atoms with Gasteiger partial charge in [0.1, 0.15) is 0 Å². The number of rotatable bonds is 5. The van der Waals surface area contributed by atoms with Crippen molar-refractivity contribution in [3.63, 3.8) is 0 Å². The molecule has 1 aliphatic heterocycles. The van der Waals surface area contributed by atoms with Crippen LogP contribution in [-0.2, 0) is 4.74 Å². The Morgan fingerprint density at radius 2 is 2.12 bits per heavy atom. The lowest BCUT2D eigenvalue weighted by Crippen LogP contribution is -2.29. The zero-order valence-electron chi connectivity index (χ0n) is 10.9. The van der Waals surface area contributed by atoms with Gasteiger partial charge in [-0.25, -0.2) is 0 Å². The molecule has 2 atom stereocenters. The lowest BCUT2D eigenvalue weighted by Gasteiger charge is -2.24. The highest BCUT2D eigenvalue weighted by Crippen LogP contribution is 2.28. The number of hydrogen-bond donors (Lipinski definition) is 1. The Bertz CT molecular complexity index is 327. The van der Waals surface area contributed by atoms with Crippen LogP contribution in [0.1, 0.15) is 36.9 Å². The summed E-state index contributed by atoms with van der Waals surface area (Å²) >= 11 is 0. The van der Waals surface area contributed by atoms with Crippen LogP contribution in [0.5, 0.6) is 0 Å². The minimum atomic E-state index is 0.457. The molecule has 0 amide bonds. The van der Waals surface area contributed by atoms with Crippen LogP contribution in [0.15, 0.2) is 24.3 Å². The Hall–Kier alpha value is -0.860. The van der Waals surface area contributed by atoms with Gasteiger partial charge >= 0.3 is 0 Å². The minimum Gasteiger partial charge on any atom is -0.381 e. The summed E-state index contributed by atoms with van der Waals surface area (Å²) in [4.78, 5) is 0. The second-order valence-corrected chi connectivity index (χ2v) is 4.97. The molecular weight excluding hydrogens is 210 g/mol. The van der Waals surface area contributed by atoms with E-state index in [0.717, 1.165) is 19.8 Å². The highest BCUT2D eigenvalue weighted by atomic mass is 16.5. The summed E-state index contributed by atoms with van der Waals surface area (Å²) in [5.74, 6) is 0.629. The van der Waals surface area contributed by atoms with E-state index >= 15 is 0 Å². The first-order valence-electron chi connectivity index (χ1n) is 6.69. The summed E-state index contributed by atoms with van der Waals surface area (Å²) in [6, 6.07) is 9.36. The molecular formula is C15H23NO. The smallest absolute Gasteiger partial charge is 0.0513 e. The van der Waals surface area contributed by atoms with Crippen molar-refractivity contribution in [2.24, 2.45) is 5.92 Å². The lowest BCUT2D eigenvalue weighted by atomic mass is 9.92. The minimum absolute atomic E-state index is 0.457. The van der Waals surface area contributed by atoms with Crippen molar-refractivity contribution in [2.45, 2.75) is 32.7 Å². The molecule has 2 heteroatoms. The van der Waals surface area contributed by atoms with Gasteiger partial charge in [-0.1, -0.05) is 36.8 Å². The molecule has 0 aliphatic carbocycles. The normalized spacial score (nSPS) is 21.6. The van der Waals surface area contributed by atoms with E-state index in [4.69, 9.17) is 4.74 Å². The molecule has 1 aliphatic rings. The third-order valence-electron chi connectivity index (χ3n) is 3.49. The molecule has 0 saturated carbocycles. The van der Waals surface area contributed by atoms with Crippen LogP contribution in [0.4, 0.5) is 0 Å². The predicted molar refractivity (Wildman–Crippen MR) is 71.1 cm³/mol. The maximum Gasteiger partial charge on any atom is 0.0513 e. The van der Waals surface area contributed by atoms with E-state index in [1.54, 1.807) is 0 Å². The molecule has 0 aromatic heterocycles. The molecule has 2 nitrogen and oxygen atoms in total. The molecule has 94 valence electrons. The Morgan fingerprint density at radius 3 is 2.71 bits per heavy atom. The highest BCUT2D eigenvalue weighted by molar-refractivity contribution is 5.24. The quantitative estimate of drug-likeness (QED) is 0.844. The maximum atomic E-state index is 5.52. The van der Waals surface area contributed by atoms with Crippen LogP contribution >= 0.6 is 0 Å². The summed E-state index contributed by atoms with van der Waals surface area (Å²) in [5.41, 5.74) is 2.73. The Morgan fingerprint density at radius 1 is 1.35 bits per heavy atom. The van der Waals surface area contributed by atoms with Crippen molar-refractivity contribution in [3.05, 3.63) is 35.4 Å². The van der Waals surface area contributed by atoms with Crippen LogP contribution < -0.4 is 5.32 Å². The van der Waals surface area contributed by atoms with E-state index in [0.29, 0.717) is 12.0 Å². The van der Waals surface area contributed by atoms with Gasteiger partial charge in [-0.05, 0) is 31.9 Å². The monoisotopic (exact) mass is 233 g/mol. The zero-order chi connectivity index (χ0) is 12.1. The van der Waals surface area contributed by atoms with Crippen molar-refractivity contribution in [2.75, 3.05) is 19.8 Å². The fourth-order valence-electron chi connectivity index (χ4n) is 2.45. The second kappa shape index (κ2) is 6.18. The van der Waals surface area contributed by atoms with Gasteiger partial charge in [0, 0.05) is 18.6 Å². The average Bonchev–Trinajstić information content (AvgIpc) is 2.85. The zero-order valence-corrected chi connectivity index (χ0v) is 10.9. The third kappa shape index (κ3) is 3.30.